The Morgan fingerprint density at radius 1 is 1.19 bits per heavy atom. The Balaban J connectivity index is 1.62. The first-order chi connectivity index (χ1) is 12.9. The number of fused-ring (bicyclic) bond motifs is 1. The highest BCUT2D eigenvalue weighted by Crippen LogP contribution is 2.26. The second-order valence-corrected chi connectivity index (χ2v) is 7.87. The Bertz CT molecular complexity index is 778. The van der Waals surface area contributed by atoms with Crippen LogP contribution in [0.1, 0.15) is 21.7 Å². The van der Waals surface area contributed by atoms with Crippen LogP contribution in [0, 0.1) is 0 Å². The highest BCUT2D eigenvalue weighted by Gasteiger charge is 2.26. The molecule has 0 atom stereocenters. The highest BCUT2D eigenvalue weighted by atomic mass is 79.9. The summed E-state index contributed by atoms with van der Waals surface area (Å²) in [6.45, 7) is 4.59. The smallest absolute Gasteiger partial charge is 0.357 e. The number of carbonyl (C=O) groups is 1. The average molecular weight is 436 g/mol. The third-order valence-electron chi connectivity index (χ3n) is 4.52. The number of hydrogen-bond acceptors (Lipinski definition) is 6. The molecule has 146 valence electrons. The van der Waals surface area contributed by atoms with Gasteiger partial charge >= 0.3 is 5.97 Å². The van der Waals surface area contributed by atoms with Gasteiger partial charge in [0.05, 0.1) is 41.1 Å². The van der Waals surface area contributed by atoms with Crippen molar-refractivity contribution in [3.63, 3.8) is 0 Å². The van der Waals surface area contributed by atoms with Crippen molar-refractivity contribution in [2.45, 2.75) is 19.6 Å². The molecule has 0 unspecified atom stereocenters. The number of likely N-dealkylation sites (N-methyl/N-ethyl adjacent to an activating group) is 2. The van der Waals surface area contributed by atoms with Gasteiger partial charge in [0.1, 0.15) is 0 Å². The number of benzene rings is 1. The van der Waals surface area contributed by atoms with Crippen molar-refractivity contribution in [3.8, 4) is 0 Å². The first-order valence-electron chi connectivity index (χ1n) is 9.03. The predicted molar refractivity (Wildman–Crippen MR) is 107 cm³/mol. The Morgan fingerprint density at radius 3 is 2.63 bits per heavy atom. The van der Waals surface area contributed by atoms with Gasteiger partial charge in [-0.1, -0.05) is 18.2 Å². The van der Waals surface area contributed by atoms with Crippen molar-refractivity contribution in [2.75, 3.05) is 40.8 Å². The van der Waals surface area contributed by atoms with Crippen LogP contribution in [0.4, 0.5) is 0 Å². The molecule has 0 N–H and O–H groups in total. The summed E-state index contributed by atoms with van der Waals surface area (Å²) in [5, 5.41) is 6.44. The van der Waals surface area contributed by atoms with Gasteiger partial charge in [0, 0.05) is 19.6 Å². The number of carbonyl (C=O) groups excluding carboxylic acids is 1. The van der Waals surface area contributed by atoms with Gasteiger partial charge in [-0.05, 0) is 49.2 Å². The van der Waals surface area contributed by atoms with E-state index in [0.717, 1.165) is 35.5 Å². The molecule has 0 bridgehead atoms. The van der Waals surface area contributed by atoms with Crippen LogP contribution in [0.2, 0.25) is 0 Å². The minimum absolute atomic E-state index is 0.330. The molecule has 7 nitrogen and oxygen atoms in total. The van der Waals surface area contributed by atoms with Crippen LogP contribution in [0.5, 0.6) is 0 Å². The molecule has 0 spiro atoms. The van der Waals surface area contributed by atoms with E-state index in [-0.39, 0.29) is 5.97 Å². The molecule has 1 aliphatic rings. The van der Waals surface area contributed by atoms with Crippen molar-refractivity contribution >= 4 is 21.9 Å². The van der Waals surface area contributed by atoms with Crippen LogP contribution in [-0.4, -0.2) is 71.4 Å². The number of rotatable bonds is 7. The summed E-state index contributed by atoms with van der Waals surface area (Å²) >= 11 is 3.70. The second-order valence-electron chi connectivity index (χ2n) is 7.08. The van der Waals surface area contributed by atoms with Crippen LogP contribution in [0.25, 0.3) is 0 Å². The van der Waals surface area contributed by atoms with Crippen molar-refractivity contribution in [2.24, 2.45) is 0 Å². The number of hydroxylamine groups is 2. The van der Waals surface area contributed by atoms with Crippen LogP contribution < -0.4 is 0 Å². The zero-order valence-corrected chi connectivity index (χ0v) is 17.6. The predicted octanol–water partition coefficient (Wildman–Crippen LogP) is 2.23. The average Bonchev–Trinajstić information content (AvgIpc) is 2.96. The van der Waals surface area contributed by atoms with Crippen molar-refractivity contribution in [3.05, 3.63) is 51.8 Å². The molecule has 1 aromatic heterocycles. The highest BCUT2D eigenvalue weighted by molar-refractivity contribution is 9.10. The van der Waals surface area contributed by atoms with Gasteiger partial charge < -0.3 is 9.74 Å². The van der Waals surface area contributed by atoms with E-state index in [9.17, 15) is 4.79 Å². The van der Waals surface area contributed by atoms with Crippen LogP contribution in [0.3, 0.4) is 0 Å². The lowest BCUT2D eigenvalue weighted by Gasteiger charge is -2.26. The molecule has 0 saturated carbocycles. The zero-order valence-electron chi connectivity index (χ0n) is 16.1. The molecule has 2 aromatic rings. The Kier molecular flexibility index (Phi) is 6.64. The summed E-state index contributed by atoms with van der Waals surface area (Å²) < 4.78 is 3.01. The Labute approximate surface area is 168 Å². The maximum atomic E-state index is 12.3. The van der Waals surface area contributed by atoms with Crippen LogP contribution in [-0.2, 0) is 24.5 Å². The molecule has 8 heteroatoms. The normalized spacial score (nSPS) is 14.6. The number of aromatic nitrogens is 2. The standard InChI is InChI=1S/C19H26BrN5O2/c1-22(2)9-10-23(3)13-16-18(20)17-14-24(11-12-25(17)21-16)27-19(26)15-7-5-4-6-8-15/h4-8H,9-14H2,1-3H3. The second kappa shape index (κ2) is 8.97. The molecule has 0 saturated heterocycles. The van der Waals surface area contributed by atoms with Gasteiger partial charge in [0.2, 0.25) is 0 Å². The first-order valence-corrected chi connectivity index (χ1v) is 9.83. The quantitative estimate of drug-likeness (QED) is 0.664. The monoisotopic (exact) mass is 435 g/mol. The lowest BCUT2D eigenvalue weighted by molar-refractivity contribution is -0.127. The summed E-state index contributed by atoms with van der Waals surface area (Å²) in [5.74, 6) is -0.330. The lowest BCUT2D eigenvalue weighted by atomic mass is 10.2. The van der Waals surface area contributed by atoms with Crippen molar-refractivity contribution in [1.82, 2.24) is 24.6 Å². The van der Waals surface area contributed by atoms with E-state index in [2.05, 4.69) is 46.9 Å². The zero-order chi connectivity index (χ0) is 19.4. The molecule has 1 aliphatic heterocycles. The summed E-state index contributed by atoms with van der Waals surface area (Å²) in [4.78, 5) is 22.3. The maximum Gasteiger partial charge on any atom is 0.357 e. The Hall–Kier alpha value is -1.74. The molecule has 0 radical (unpaired) electrons. The van der Waals surface area contributed by atoms with Gasteiger partial charge in [0.25, 0.3) is 0 Å². The molecule has 27 heavy (non-hydrogen) atoms. The fourth-order valence-electron chi connectivity index (χ4n) is 2.95. The Morgan fingerprint density at radius 2 is 1.93 bits per heavy atom. The summed E-state index contributed by atoms with van der Waals surface area (Å²) in [5.41, 5.74) is 2.61. The van der Waals surface area contributed by atoms with Crippen LogP contribution >= 0.6 is 15.9 Å². The van der Waals surface area contributed by atoms with E-state index >= 15 is 0 Å². The fraction of sp³-hybridized carbons (Fsp3) is 0.474. The third kappa shape index (κ3) is 5.16. The van der Waals surface area contributed by atoms with E-state index in [0.29, 0.717) is 25.2 Å². The summed E-state index contributed by atoms with van der Waals surface area (Å²) in [7, 11) is 6.25. The molecule has 0 fully saturated rings. The van der Waals surface area contributed by atoms with Crippen LogP contribution in [0.15, 0.2) is 34.8 Å². The van der Waals surface area contributed by atoms with Gasteiger partial charge in [-0.3, -0.25) is 9.58 Å². The summed E-state index contributed by atoms with van der Waals surface area (Å²) in [6.07, 6.45) is 0. The molecular formula is C19H26BrN5O2. The van der Waals surface area contributed by atoms with Gasteiger partial charge in [0.15, 0.2) is 0 Å². The molecule has 1 aromatic carbocycles. The first kappa shape index (κ1) is 20.0. The van der Waals surface area contributed by atoms with Gasteiger partial charge in [-0.2, -0.15) is 5.10 Å². The maximum absolute atomic E-state index is 12.3. The molecule has 0 amide bonds. The molecule has 2 heterocycles. The lowest BCUT2D eigenvalue weighted by Crippen LogP contribution is -2.35. The minimum Gasteiger partial charge on any atom is -0.363 e. The topological polar surface area (TPSA) is 53.8 Å². The molecule has 0 aliphatic carbocycles. The molecular weight excluding hydrogens is 410 g/mol. The van der Waals surface area contributed by atoms with Gasteiger partial charge in [-0.15, -0.1) is 5.06 Å². The molecule has 3 rings (SSSR count). The minimum atomic E-state index is -0.330. The number of halogens is 1. The van der Waals surface area contributed by atoms with E-state index < -0.39 is 0 Å². The SMILES string of the molecule is CN(C)CCN(C)Cc1nn2c(c1Br)CN(OC(=O)c1ccccc1)CC2. The number of hydrogen-bond donors (Lipinski definition) is 0. The largest absolute Gasteiger partial charge is 0.363 e. The summed E-state index contributed by atoms with van der Waals surface area (Å²) in [6, 6.07) is 9.06. The van der Waals surface area contributed by atoms with E-state index in [1.54, 1.807) is 17.2 Å². The van der Waals surface area contributed by atoms with E-state index in [1.165, 1.54) is 0 Å². The van der Waals surface area contributed by atoms with E-state index in [4.69, 9.17) is 9.94 Å². The van der Waals surface area contributed by atoms with Crippen molar-refractivity contribution < 1.29 is 9.63 Å². The number of nitrogens with zero attached hydrogens (tertiary/aromatic N) is 5. The third-order valence-corrected chi connectivity index (χ3v) is 5.43. The fourth-order valence-corrected chi connectivity index (χ4v) is 3.48. The van der Waals surface area contributed by atoms with E-state index in [1.807, 2.05) is 22.9 Å². The van der Waals surface area contributed by atoms with Crippen molar-refractivity contribution in [1.29, 1.82) is 0 Å². The van der Waals surface area contributed by atoms with Gasteiger partial charge in [-0.25, -0.2) is 4.79 Å².